The number of benzene rings is 1. The molecular weight excluding hydrogens is 361 g/mol. The number of hydrogen-bond donors (Lipinski definition) is 0. The van der Waals surface area contributed by atoms with Gasteiger partial charge >= 0.3 is 0 Å². The van der Waals surface area contributed by atoms with E-state index in [1.807, 2.05) is 50.5 Å². The molecule has 0 aromatic heterocycles. The standard InChI is InChI=1S/C20H20FN3.C5H10/c1-14-11-16(8-9-19(14)21)20-18(5-4-10-23(20)3)17-7-6-15(2)24(12-17)13-22;1-3-5-4-2/h4-9,11-12,15H,10H2,1-3H3;3H,1,4-5H2,2H3. The number of hydrogen-bond acceptors (Lipinski definition) is 3. The average molecular weight is 392 g/mol. The van der Waals surface area contributed by atoms with Crippen LogP contribution in [0.3, 0.4) is 0 Å². The van der Waals surface area contributed by atoms with E-state index in [9.17, 15) is 9.65 Å². The fraction of sp³-hybridized carbons (Fsp3) is 0.320. The minimum absolute atomic E-state index is 0.0566. The zero-order chi connectivity index (χ0) is 21.4. The molecule has 2 aliphatic rings. The number of likely N-dealkylation sites (N-methyl/N-ethyl adjacent to an activating group) is 1. The number of rotatable bonds is 4. The summed E-state index contributed by atoms with van der Waals surface area (Å²) in [7, 11) is 2.02. The molecule has 0 saturated heterocycles. The molecule has 1 unspecified atom stereocenters. The Hall–Kier alpha value is -3.06. The van der Waals surface area contributed by atoms with Crippen LogP contribution in [0.2, 0.25) is 0 Å². The van der Waals surface area contributed by atoms with Crippen molar-refractivity contribution in [2.75, 3.05) is 13.6 Å². The van der Waals surface area contributed by atoms with Crippen molar-refractivity contribution >= 4 is 5.70 Å². The Labute approximate surface area is 174 Å². The minimum atomic E-state index is -0.198. The molecule has 0 amide bonds. The molecule has 0 bridgehead atoms. The molecule has 0 fully saturated rings. The number of aryl methyl sites for hydroxylation is 1. The van der Waals surface area contributed by atoms with E-state index in [0.717, 1.165) is 35.4 Å². The van der Waals surface area contributed by atoms with Gasteiger partial charge in [0, 0.05) is 30.9 Å². The summed E-state index contributed by atoms with van der Waals surface area (Å²) in [5.41, 5.74) is 4.67. The maximum Gasteiger partial charge on any atom is 0.184 e. The van der Waals surface area contributed by atoms with Crippen LogP contribution in [0.15, 0.2) is 72.5 Å². The molecule has 2 heterocycles. The van der Waals surface area contributed by atoms with Gasteiger partial charge in [-0.1, -0.05) is 43.7 Å². The molecule has 2 aliphatic heterocycles. The number of nitrogens with zero attached hydrogens (tertiary/aromatic N) is 3. The van der Waals surface area contributed by atoms with Gasteiger partial charge in [-0.05, 0) is 49.6 Å². The van der Waals surface area contributed by atoms with Crippen LogP contribution >= 0.6 is 0 Å². The van der Waals surface area contributed by atoms with Crippen molar-refractivity contribution in [1.82, 2.24) is 9.80 Å². The van der Waals surface area contributed by atoms with Gasteiger partial charge in [0.25, 0.3) is 0 Å². The molecule has 3 rings (SSSR count). The number of allylic oxidation sites excluding steroid dienone is 5. The Morgan fingerprint density at radius 2 is 2.10 bits per heavy atom. The van der Waals surface area contributed by atoms with Gasteiger partial charge in [-0.2, -0.15) is 5.26 Å². The van der Waals surface area contributed by atoms with Gasteiger partial charge in [0.15, 0.2) is 6.19 Å². The summed E-state index contributed by atoms with van der Waals surface area (Å²) in [6.07, 6.45) is 16.6. The number of nitriles is 1. The van der Waals surface area contributed by atoms with E-state index in [-0.39, 0.29) is 11.9 Å². The third kappa shape index (κ3) is 5.48. The van der Waals surface area contributed by atoms with Crippen molar-refractivity contribution in [3.63, 3.8) is 0 Å². The second kappa shape index (κ2) is 10.5. The zero-order valence-electron chi connectivity index (χ0n) is 17.8. The van der Waals surface area contributed by atoms with Crippen LogP contribution in [-0.4, -0.2) is 29.4 Å². The first-order chi connectivity index (χ1) is 13.9. The second-order valence-electron chi connectivity index (χ2n) is 7.28. The van der Waals surface area contributed by atoms with E-state index in [1.165, 1.54) is 12.5 Å². The molecule has 1 aromatic carbocycles. The topological polar surface area (TPSA) is 30.3 Å². The molecule has 0 saturated carbocycles. The summed E-state index contributed by atoms with van der Waals surface area (Å²) in [4.78, 5) is 3.78. The predicted octanol–water partition coefficient (Wildman–Crippen LogP) is 5.94. The van der Waals surface area contributed by atoms with E-state index < -0.39 is 0 Å². The Morgan fingerprint density at radius 3 is 2.69 bits per heavy atom. The van der Waals surface area contributed by atoms with Crippen molar-refractivity contribution < 1.29 is 4.39 Å². The maximum absolute atomic E-state index is 13.6. The second-order valence-corrected chi connectivity index (χ2v) is 7.28. The first-order valence-corrected chi connectivity index (χ1v) is 10.0. The van der Waals surface area contributed by atoms with Crippen molar-refractivity contribution in [3.05, 3.63) is 89.4 Å². The van der Waals surface area contributed by atoms with Gasteiger partial charge in [-0.3, -0.25) is 4.90 Å². The molecule has 29 heavy (non-hydrogen) atoms. The molecule has 1 aromatic rings. The lowest BCUT2D eigenvalue weighted by atomic mass is 9.93. The first kappa shape index (κ1) is 22.2. The van der Waals surface area contributed by atoms with E-state index >= 15 is 0 Å². The molecular formula is C25H30FN3. The van der Waals surface area contributed by atoms with Crippen LogP contribution < -0.4 is 0 Å². The quantitative estimate of drug-likeness (QED) is 0.470. The summed E-state index contributed by atoms with van der Waals surface area (Å²) in [5.74, 6) is -0.198. The lowest BCUT2D eigenvalue weighted by Gasteiger charge is -2.30. The fourth-order valence-corrected chi connectivity index (χ4v) is 3.23. The summed E-state index contributed by atoms with van der Waals surface area (Å²) in [6, 6.07) is 5.25. The van der Waals surface area contributed by atoms with Crippen LogP contribution in [-0.2, 0) is 0 Å². The Kier molecular flexibility index (Phi) is 8.03. The van der Waals surface area contributed by atoms with Crippen molar-refractivity contribution in [1.29, 1.82) is 5.26 Å². The Bertz CT molecular complexity index is 899. The van der Waals surface area contributed by atoms with Crippen molar-refractivity contribution in [2.45, 2.75) is 39.7 Å². The van der Waals surface area contributed by atoms with Crippen LogP contribution in [0.5, 0.6) is 0 Å². The highest BCUT2D eigenvalue weighted by atomic mass is 19.1. The van der Waals surface area contributed by atoms with Gasteiger partial charge in [0.05, 0.1) is 11.7 Å². The maximum atomic E-state index is 13.6. The minimum Gasteiger partial charge on any atom is -0.370 e. The smallest absolute Gasteiger partial charge is 0.184 e. The molecule has 3 nitrogen and oxygen atoms in total. The van der Waals surface area contributed by atoms with Crippen molar-refractivity contribution in [2.24, 2.45) is 0 Å². The summed E-state index contributed by atoms with van der Waals surface area (Å²) < 4.78 is 13.6. The van der Waals surface area contributed by atoms with Crippen LogP contribution in [0.1, 0.15) is 37.8 Å². The molecule has 1 atom stereocenters. The van der Waals surface area contributed by atoms with E-state index in [4.69, 9.17) is 0 Å². The average Bonchev–Trinajstić information content (AvgIpc) is 2.71. The third-order valence-electron chi connectivity index (χ3n) is 4.92. The monoisotopic (exact) mass is 391 g/mol. The molecule has 0 aliphatic carbocycles. The van der Waals surface area contributed by atoms with Gasteiger partial charge in [0.1, 0.15) is 5.82 Å². The lowest BCUT2D eigenvalue weighted by molar-refractivity contribution is 0.460. The molecule has 4 heteroatoms. The van der Waals surface area contributed by atoms with Crippen molar-refractivity contribution in [3.8, 4) is 6.19 Å². The van der Waals surface area contributed by atoms with E-state index in [0.29, 0.717) is 5.56 Å². The largest absolute Gasteiger partial charge is 0.370 e. The van der Waals surface area contributed by atoms with Gasteiger partial charge in [0.2, 0.25) is 0 Å². The fourth-order valence-electron chi connectivity index (χ4n) is 3.23. The van der Waals surface area contributed by atoms with Gasteiger partial charge in [-0.25, -0.2) is 4.39 Å². The van der Waals surface area contributed by atoms with E-state index in [1.54, 1.807) is 11.8 Å². The summed E-state index contributed by atoms with van der Waals surface area (Å²) in [6.45, 7) is 10.2. The molecule has 0 radical (unpaired) electrons. The van der Waals surface area contributed by atoms with E-state index in [2.05, 4.69) is 36.7 Å². The molecule has 0 spiro atoms. The summed E-state index contributed by atoms with van der Waals surface area (Å²) >= 11 is 0. The third-order valence-corrected chi connectivity index (χ3v) is 4.92. The van der Waals surface area contributed by atoms with Gasteiger partial charge in [-0.15, -0.1) is 6.58 Å². The molecule has 152 valence electrons. The SMILES string of the molecule is C=CCCC.Cc1cc(C2=C(C3=CN(C#N)C(C)C=C3)C=CCN2C)ccc1F. The highest BCUT2D eigenvalue weighted by Gasteiger charge is 2.21. The highest BCUT2D eigenvalue weighted by Crippen LogP contribution is 2.33. The first-order valence-electron chi connectivity index (χ1n) is 10.0. The zero-order valence-corrected chi connectivity index (χ0v) is 17.8. The van der Waals surface area contributed by atoms with Crippen LogP contribution in [0.4, 0.5) is 4.39 Å². The van der Waals surface area contributed by atoms with Crippen LogP contribution in [0, 0.1) is 24.2 Å². The highest BCUT2D eigenvalue weighted by molar-refractivity contribution is 5.77. The number of halogens is 1. The Morgan fingerprint density at radius 1 is 1.34 bits per heavy atom. The lowest BCUT2D eigenvalue weighted by Crippen LogP contribution is -2.26. The van der Waals surface area contributed by atoms with Gasteiger partial charge < -0.3 is 4.90 Å². The normalized spacial score (nSPS) is 18.1. The van der Waals surface area contributed by atoms with Crippen LogP contribution in [0.25, 0.3) is 5.70 Å². The number of unbranched alkanes of at least 4 members (excludes halogenated alkanes) is 1. The Balaban J connectivity index is 0.000000537. The summed E-state index contributed by atoms with van der Waals surface area (Å²) in [5, 5.41) is 9.29. The predicted molar refractivity (Wildman–Crippen MR) is 119 cm³/mol. The molecule has 0 N–H and O–H groups in total.